The van der Waals surface area contributed by atoms with Crippen molar-refractivity contribution in [3.05, 3.63) is 0 Å². The van der Waals surface area contributed by atoms with Gasteiger partial charge in [0.1, 0.15) is 0 Å². The van der Waals surface area contributed by atoms with Crippen molar-refractivity contribution in [1.82, 2.24) is 5.32 Å². The third-order valence-electron chi connectivity index (χ3n) is 3.19. The van der Waals surface area contributed by atoms with Gasteiger partial charge < -0.3 is 5.32 Å². The summed E-state index contributed by atoms with van der Waals surface area (Å²) in [5, 5.41) is 3.48. The van der Waals surface area contributed by atoms with Gasteiger partial charge in [0.2, 0.25) is 0 Å². The van der Waals surface area contributed by atoms with Gasteiger partial charge in [-0.1, -0.05) is 47.5 Å². The second-order valence-electron chi connectivity index (χ2n) is 5.57. The lowest BCUT2D eigenvalue weighted by Crippen LogP contribution is -2.34. The molecule has 0 heterocycles. The largest absolute Gasteiger partial charge is 0.317 e. The minimum atomic E-state index is 0.473. The third-order valence-corrected chi connectivity index (χ3v) is 3.19. The van der Waals surface area contributed by atoms with Crippen LogP contribution in [-0.4, -0.2) is 13.1 Å². The van der Waals surface area contributed by atoms with E-state index < -0.39 is 0 Å². The smallest absolute Gasteiger partial charge is 0.00923 e. The molecule has 1 unspecified atom stereocenters. The average molecular weight is 199 g/mol. The fourth-order valence-electron chi connectivity index (χ4n) is 2.06. The topological polar surface area (TPSA) is 12.0 Å². The molecule has 1 heteroatoms. The minimum absolute atomic E-state index is 0.473. The number of rotatable bonds is 6. The molecule has 0 aliphatic rings. The molecule has 0 radical (unpaired) electrons. The summed E-state index contributed by atoms with van der Waals surface area (Å²) in [7, 11) is 2.10. The summed E-state index contributed by atoms with van der Waals surface area (Å²) < 4.78 is 0. The van der Waals surface area contributed by atoms with E-state index in [2.05, 4.69) is 47.0 Å². The Bertz CT molecular complexity index is 131. The average Bonchev–Trinajstić information content (AvgIpc) is 2.10. The Morgan fingerprint density at radius 3 is 1.86 bits per heavy atom. The molecule has 0 aliphatic carbocycles. The molecule has 0 aromatic carbocycles. The Morgan fingerprint density at radius 2 is 1.57 bits per heavy atom. The molecule has 14 heavy (non-hydrogen) atoms. The molecular weight excluding hydrogens is 170 g/mol. The van der Waals surface area contributed by atoms with E-state index >= 15 is 0 Å². The Labute approximate surface area is 90.7 Å². The molecule has 0 fully saturated rings. The van der Waals surface area contributed by atoms with Crippen molar-refractivity contribution in [3.63, 3.8) is 0 Å². The molecule has 1 N–H and O–H groups in total. The first-order chi connectivity index (χ1) is 6.44. The van der Waals surface area contributed by atoms with Gasteiger partial charge in [0.05, 0.1) is 0 Å². The van der Waals surface area contributed by atoms with Crippen LogP contribution in [0.2, 0.25) is 0 Å². The van der Waals surface area contributed by atoms with Crippen molar-refractivity contribution in [1.29, 1.82) is 0 Å². The van der Waals surface area contributed by atoms with Gasteiger partial charge in [-0.15, -0.1) is 0 Å². The normalized spacial score (nSPS) is 14.8. The fraction of sp³-hybridized carbons (Fsp3) is 1.00. The van der Waals surface area contributed by atoms with E-state index in [0.717, 1.165) is 5.92 Å². The monoisotopic (exact) mass is 199 g/mol. The fourth-order valence-corrected chi connectivity index (χ4v) is 2.06. The lowest BCUT2D eigenvalue weighted by Gasteiger charge is -2.28. The highest BCUT2D eigenvalue weighted by atomic mass is 14.9. The van der Waals surface area contributed by atoms with Crippen LogP contribution in [0.15, 0.2) is 0 Å². The number of hydrogen-bond donors (Lipinski definition) is 1. The van der Waals surface area contributed by atoms with Crippen molar-refractivity contribution in [2.45, 2.75) is 66.3 Å². The maximum atomic E-state index is 3.48. The zero-order chi connectivity index (χ0) is 11.2. The molecule has 0 saturated carbocycles. The van der Waals surface area contributed by atoms with E-state index in [9.17, 15) is 0 Å². The first-order valence-corrected chi connectivity index (χ1v) is 6.11. The van der Waals surface area contributed by atoms with E-state index in [1.165, 1.54) is 25.7 Å². The van der Waals surface area contributed by atoms with E-state index in [4.69, 9.17) is 0 Å². The SMILES string of the molecule is CCC(CC)C(CCC(C)(C)C)NC. The molecule has 1 atom stereocenters. The number of hydrogen-bond acceptors (Lipinski definition) is 1. The zero-order valence-electron chi connectivity index (χ0n) is 11.0. The predicted molar refractivity (Wildman–Crippen MR) is 65.6 cm³/mol. The van der Waals surface area contributed by atoms with Gasteiger partial charge in [0.25, 0.3) is 0 Å². The summed E-state index contributed by atoms with van der Waals surface area (Å²) >= 11 is 0. The highest BCUT2D eigenvalue weighted by molar-refractivity contribution is 4.75. The Morgan fingerprint density at radius 1 is 1.07 bits per heavy atom. The van der Waals surface area contributed by atoms with E-state index in [0.29, 0.717) is 11.5 Å². The lowest BCUT2D eigenvalue weighted by atomic mass is 9.84. The van der Waals surface area contributed by atoms with E-state index in [-0.39, 0.29) is 0 Å². The number of nitrogens with one attached hydrogen (secondary N) is 1. The molecule has 1 nitrogen and oxygen atoms in total. The summed E-state index contributed by atoms with van der Waals surface area (Å²) in [6.45, 7) is 11.6. The maximum absolute atomic E-state index is 3.48. The Balaban J connectivity index is 4.01. The van der Waals surface area contributed by atoms with Gasteiger partial charge in [-0.2, -0.15) is 0 Å². The van der Waals surface area contributed by atoms with Gasteiger partial charge in [0, 0.05) is 6.04 Å². The van der Waals surface area contributed by atoms with Crippen molar-refractivity contribution >= 4 is 0 Å². The predicted octanol–water partition coefficient (Wildman–Crippen LogP) is 3.84. The molecule has 0 aromatic rings. The van der Waals surface area contributed by atoms with Crippen LogP contribution in [0.3, 0.4) is 0 Å². The Hall–Kier alpha value is -0.0400. The van der Waals surface area contributed by atoms with Crippen LogP contribution in [0, 0.1) is 11.3 Å². The highest BCUT2D eigenvalue weighted by Crippen LogP contribution is 2.25. The molecule has 0 saturated heterocycles. The zero-order valence-corrected chi connectivity index (χ0v) is 11.0. The summed E-state index contributed by atoms with van der Waals surface area (Å²) in [5.74, 6) is 0.849. The van der Waals surface area contributed by atoms with Gasteiger partial charge in [-0.3, -0.25) is 0 Å². The summed E-state index contributed by atoms with van der Waals surface area (Å²) in [6, 6.07) is 0.712. The maximum Gasteiger partial charge on any atom is 0.00923 e. The lowest BCUT2D eigenvalue weighted by molar-refractivity contribution is 0.277. The van der Waals surface area contributed by atoms with Crippen molar-refractivity contribution in [2.24, 2.45) is 11.3 Å². The molecule has 0 aliphatic heterocycles. The second kappa shape index (κ2) is 6.44. The quantitative estimate of drug-likeness (QED) is 0.685. The highest BCUT2D eigenvalue weighted by Gasteiger charge is 2.19. The molecular formula is C13H29N. The molecule has 0 rings (SSSR count). The van der Waals surface area contributed by atoms with Gasteiger partial charge in [-0.05, 0) is 31.2 Å². The van der Waals surface area contributed by atoms with Crippen molar-refractivity contribution in [3.8, 4) is 0 Å². The first-order valence-electron chi connectivity index (χ1n) is 6.11. The van der Waals surface area contributed by atoms with Gasteiger partial charge in [-0.25, -0.2) is 0 Å². The van der Waals surface area contributed by atoms with Crippen LogP contribution in [0.1, 0.15) is 60.3 Å². The van der Waals surface area contributed by atoms with Crippen LogP contribution in [0.5, 0.6) is 0 Å². The summed E-state index contributed by atoms with van der Waals surface area (Å²) in [4.78, 5) is 0. The molecule has 0 aromatic heterocycles. The summed E-state index contributed by atoms with van der Waals surface area (Å²) in [6.07, 6.45) is 5.22. The molecule has 86 valence electrons. The minimum Gasteiger partial charge on any atom is -0.317 e. The van der Waals surface area contributed by atoms with Crippen LogP contribution >= 0.6 is 0 Å². The van der Waals surface area contributed by atoms with Gasteiger partial charge in [0.15, 0.2) is 0 Å². The van der Waals surface area contributed by atoms with Crippen LogP contribution in [-0.2, 0) is 0 Å². The molecule has 0 bridgehead atoms. The van der Waals surface area contributed by atoms with Crippen LogP contribution < -0.4 is 5.32 Å². The summed E-state index contributed by atoms with van der Waals surface area (Å²) in [5.41, 5.74) is 0.473. The van der Waals surface area contributed by atoms with Crippen LogP contribution in [0.4, 0.5) is 0 Å². The Kier molecular flexibility index (Phi) is 6.43. The van der Waals surface area contributed by atoms with Crippen LogP contribution in [0.25, 0.3) is 0 Å². The first kappa shape index (κ1) is 14.0. The van der Waals surface area contributed by atoms with Crippen molar-refractivity contribution in [2.75, 3.05) is 7.05 Å². The van der Waals surface area contributed by atoms with E-state index in [1.807, 2.05) is 0 Å². The third kappa shape index (κ3) is 5.64. The van der Waals surface area contributed by atoms with E-state index in [1.54, 1.807) is 0 Å². The van der Waals surface area contributed by atoms with Crippen molar-refractivity contribution < 1.29 is 0 Å². The van der Waals surface area contributed by atoms with Gasteiger partial charge >= 0.3 is 0 Å². The standard InChI is InChI=1S/C13H29N/c1-7-11(8-2)12(14-6)9-10-13(3,4)5/h11-12,14H,7-10H2,1-6H3. The second-order valence-corrected chi connectivity index (χ2v) is 5.57. The molecule has 0 spiro atoms. The molecule has 0 amide bonds.